The normalized spacial score (nSPS) is 18.4. The molecule has 1 aromatic carbocycles. The molecular weight excluding hydrogens is 342 g/mol. The minimum atomic E-state index is -0.815. The molecule has 0 bridgehead atoms. The number of aliphatic carboxylic acids is 1. The van der Waals surface area contributed by atoms with Gasteiger partial charge in [-0.15, -0.1) is 0 Å². The summed E-state index contributed by atoms with van der Waals surface area (Å²) in [4.78, 5) is 27.8. The summed E-state index contributed by atoms with van der Waals surface area (Å²) in [5, 5.41) is 12.3. The second kappa shape index (κ2) is 10.3. The molecule has 1 fully saturated rings. The van der Waals surface area contributed by atoms with Gasteiger partial charge in [0.05, 0.1) is 12.0 Å². The third kappa shape index (κ3) is 5.70. The highest BCUT2D eigenvalue weighted by atomic mass is 16.4. The summed E-state index contributed by atoms with van der Waals surface area (Å²) in [5.74, 6) is -1.27. The maximum absolute atomic E-state index is 12.6. The molecule has 2 N–H and O–H groups in total. The Morgan fingerprint density at radius 3 is 2.44 bits per heavy atom. The second-order valence-corrected chi connectivity index (χ2v) is 7.14. The number of hydrogen-bond acceptors (Lipinski definition) is 3. The quantitative estimate of drug-likeness (QED) is 0.732. The third-order valence-electron chi connectivity index (χ3n) is 5.53. The molecule has 0 aromatic heterocycles. The lowest BCUT2D eigenvalue weighted by molar-refractivity contribution is -0.143. The van der Waals surface area contributed by atoms with Crippen molar-refractivity contribution in [2.75, 3.05) is 32.7 Å². The van der Waals surface area contributed by atoms with Gasteiger partial charge in [0.25, 0.3) is 0 Å². The summed E-state index contributed by atoms with van der Waals surface area (Å²) < 4.78 is 0. The summed E-state index contributed by atoms with van der Waals surface area (Å²) in [6.45, 7) is 9.62. The lowest BCUT2D eigenvalue weighted by Crippen LogP contribution is -2.49. The van der Waals surface area contributed by atoms with Crippen LogP contribution in [0, 0.1) is 5.92 Å². The van der Waals surface area contributed by atoms with Crippen LogP contribution in [0.1, 0.15) is 50.8 Å². The Bertz CT molecular complexity index is 614. The minimum absolute atomic E-state index is 0.106. The first kappa shape index (κ1) is 21.2. The van der Waals surface area contributed by atoms with E-state index in [-0.39, 0.29) is 12.1 Å². The number of hydrogen-bond donors (Lipinski definition) is 2. The lowest BCUT2D eigenvalue weighted by atomic mass is 9.98. The highest BCUT2D eigenvalue weighted by Gasteiger charge is 2.28. The van der Waals surface area contributed by atoms with Gasteiger partial charge < -0.3 is 15.3 Å². The van der Waals surface area contributed by atoms with E-state index < -0.39 is 11.9 Å². The number of aryl methyl sites for hydroxylation is 1. The number of carbonyl (C=O) groups is 2. The number of urea groups is 1. The Balaban J connectivity index is 2.04. The standard InChI is InChI=1S/C21H33N3O3/c1-4-16-9-11-17(12-10-16)19(23(5-2)6-3)14-22-21(27)24-13-7-8-18(15-24)20(25)26/h9-12,18-19H,4-8,13-15H2,1-3H3,(H,22,27)(H,25,26). The largest absolute Gasteiger partial charge is 0.481 e. The smallest absolute Gasteiger partial charge is 0.317 e. The fourth-order valence-corrected chi connectivity index (χ4v) is 3.76. The maximum atomic E-state index is 12.6. The van der Waals surface area contributed by atoms with E-state index in [9.17, 15) is 14.7 Å². The number of rotatable bonds is 8. The molecule has 0 aliphatic carbocycles. The molecule has 150 valence electrons. The first-order valence-corrected chi connectivity index (χ1v) is 10.1. The van der Waals surface area contributed by atoms with Crippen molar-refractivity contribution in [2.24, 2.45) is 5.92 Å². The van der Waals surface area contributed by atoms with E-state index in [1.807, 2.05) is 0 Å². The topological polar surface area (TPSA) is 72.9 Å². The molecule has 1 aromatic rings. The van der Waals surface area contributed by atoms with Crippen molar-refractivity contribution >= 4 is 12.0 Å². The van der Waals surface area contributed by atoms with Gasteiger partial charge >= 0.3 is 12.0 Å². The van der Waals surface area contributed by atoms with Crippen molar-refractivity contribution in [3.05, 3.63) is 35.4 Å². The molecule has 2 unspecified atom stereocenters. The van der Waals surface area contributed by atoms with E-state index in [0.29, 0.717) is 26.1 Å². The summed E-state index contributed by atoms with van der Waals surface area (Å²) in [6, 6.07) is 8.54. The third-order valence-corrected chi connectivity index (χ3v) is 5.53. The Labute approximate surface area is 162 Å². The molecule has 27 heavy (non-hydrogen) atoms. The van der Waals surface area contributed by atoms with E-state index >= 15 is 0 Å². The summed E-state index contributed by atoms with van der Waals surface area (Å²) >= 11 is 0. The van der Waals surface area contributed by atoms with Gasteiger partial charge in [-0.25, -0.2) is 4.79 Å². The molecule has 6 nitrogen and oxygen atoms in total. The van der Waals surface area contributed by atoms with Crippen molar-refractivity contribution in [1.82, 2.24) is 15.1 Å². The van der Waals surface area contributed by atoms with Crippen molar-refractivity contribution in [3.8, 4) is 0 Å². The first-order chi connectivity index (χ1) is 13.0. The first-order valence-electron chi connectivity index (χ1n) is 10.1. The SMILES string of the molecule is CCc1ccc(C(CNC(=O)N2CCCC(C(=O)O)C2)N(CC)CC)cc1. The molecule has 0 radical (unpaired) electrons. The van der Waals surface area contributed by atoms with E-state index in [4.69, 9.17) is 0 Å². The second-order valence-electron chi connectivity index (χ2n) is 7.14. The number of piperidine rings is 1. The molecule has 0 spiro atoms. The summed E-state index contributed by atoms with van der Waals surface area (Å²) in [7, 11) is 0. The van der Waals surface area contributed by atoms with Crippen LogP contribution in [0.5, 0.6) is 0 Å². The summed E-state index contributed by atoms with van der Waals surface area (Å²) in [5.41, 5.74) is 2.49. The van der Waals surface area contributed by atoms with Gasteiger partial charge in [-0.1, -0.05) is 45.0 Å². The number of likely N-dealkylation sites (tertiary alicyclic amines) is 1. The van der Waals surface area contributed by atoms with E-state index in [1.165, 1.54) is 11.1 Å². The van der Waals surface area contributed by atoms with Crippen LogP contribution in [0.3, 0.4) is 0 Å². The number of carbonyl (C=O) groups excluding carboxylic acids is 1. The number of carboxylic acid groups (broad SMARTS) is 1. The van der Waals surface area contributed by atoms with Crippen LogP contribution in [0.2, 0.25) is 0 Å². The average Bonchev–Trinajstić information content (AvgIpc) is 2.71. The van der Waals surface area contributed by atoms with Crippen LogP contribution >= 0.6 is 0 Å². The highest BCUT2D eigenvalue weighted by molar-refractivity contribution is 5.76. The molecule has 2 amide bonds. The van der Waals surface area contributed by atoms with Crippen molar-refractivity contribution in [2.45, 2.75) is 46.1 Å². The van der Waals surface area contributed by atoms with Crippen LogP contribution in [0.15, 0.2) is 24.3 Å². The molecule has 1 heterocycles. The predicted octanol–water partition coefficient (Wildman–Crippen LogP) is 3.14. The fraction of sp³-hybridized carbons (Fsp3) is 0.619. The van der Waals surface area contributed by atoms with Crippen molar-refractivity contribution < 1.29 is 14.7 Å². The molecular formula is C21H33N3O3. The Hall–Kier alpha value is -2.08. The Kier molecular flexibility index (Phi) is 8.10. The van der Waals surface area contributed by atoms with E-state index in [2.05, 4.69) is 55.3 Å². The zero-order chi connectivity index (χ0) is 19.8. The van der Waals surface area contributed by atoms with Crippen LogP contribution in [-0.2, 0) is 11.2 Å². The molecule has 1 aliphatic heterocycles. The van der Waals surface area contributed by atoms with Gasteiger partial charge in [0.1, 0.15) is 0 Å². The van der Waals surface area contributed by atoms with Crippen molar-refractivity contribution in [1.29, 1.82) is 0 Å². The monoisotopic (exact) mass is 375 g/mol. The molecule has 1 saturated heterocycles. The molecule has 1 aliphatic rings. The number of benzene rings is 1. The van der Waals surface area contributed by atoms with Gasteiger partial charge in [-0.2, -0.15) is 0 Å². The zero-order valence-corrected chi connectivity index (χ0v) is 16.8. The average molecular weight is 376 g/mol. The number of likely N-dealkylation sites (N-methyl/N-ethyl adjacent to an activating group) is 1. The van der Waals surface area contributed by atoms with Crippen LogP contribution in [-0.4, -0.2) is 59.6 Å². The van der Waals surface area contributed by atoms with Crippen LogP contribution in [0.25, 0.3) is 0 Å². The highest BCUT2D eigenvalue weighted by Crippen LogP contribution is 2.21. The van der Waals surface area contributed by atoms with Gasteiger partial charge in [-0.05, 0) is 43.5 Å². The maximum Gasteiger partial charge on any atom is 0.317 e. The fourth-order valence-electron chi connectivity index (χ4n) is 3.76. The molecule has 2 atom stereocenters. The van der Waals surface area contributed by atoms with Crippen molar-refractivity contribution in [3.63, 3.8) is 0 Å². The molecule has 6 heteroatoms. The minimum Gasteiger partial charge on any atom is -0.481 e. The van der Waals surface area contributed by atoms with Gasteiger partial charge in [0, 0.05) is 19.6 Å². The van der Waals surface area contributed by atoms with Gasteiger partial charge in [-0.3, -0.25) is 9.69 Å². The number of amides is 2. The molecule has 0 saturated carbocycles. The Morgan fingerprint density at radius 1 is 1.22 bits per heavy atom. The lowest BCUT2D eigenvalue weighted by Gasteiger charge is -2.33. The number of nitrogens with zero attached hydrogens (tertiary/aromatic N) is 2. The van der Waals surface area contributed by atoms with Crippen LogP contribution < -0.4 is 5.32 Å². The van der Waals surface area contributed by atoms with E-state index in [0.717, 1.165) is 25.9 Å². The van der Waals surface area contributed by atoms with Crippen LogP contribution in [0.4, 0.5) is 4.79 Å². The Morgan fingerprint density at radius 2 is 1.89 bits per heavy atom. The van der Waals surface area contributed by atoms with Gasteiger partial charge in [0.15, 0.2) is 0 Å². The molecule has 2 rings (SSSR count). The van der Waals surface area contributed by atoms with E-state index in [1.54, 1.807) is 4.90 Å². The summed E-state index contributed by atoms with van der Waals surface area (Å²) in [6.07, 6.45) is 2.39. The number of nitrogens with one attached hydrogen (secondary N) is 1. The number of carboxylic acids is 1. The zero-order valence-electron chi connectivity index (χ0n) is 16.8. The predicted molar refractivity (Wildman–Crippen MR) is 107 cm³/mol. The van der Waals surface area contributed by atoms with Gasteiger partial charge in [0.2, 0.25) is 0 Å².